The van der Waals surface area contributed by atoms with Gasteiger partial charge in [-0.3, -0.25) is 0 Å². The lowest BCUT2D eigenvalue weighted by Gasteiger charge is -2.09. The van der Waals surface area contributed by atoms with E-state index < -0.39 is 9.05 Å². The van der Waals surface area contributed by atoms with Crippen LogP contribution in [-0.4, -0.2) is 15.5 Å². The van der Waals surface area contributed by atoms with Crippen molar-refractivity contribution >= 4 is 19.7 Å². The highest BCUT2D eigenvalue weighted by atomic mass is 35.7. The van der Waals surface area contributed by atoms with Crippen LogP contribution in [-0.2, 0) is 9.05 Å². The van der Waals surface area contributed by atoms with E-state index in [1.807, 2.05) is 30.3 Å². The standard InChI is InChI=1S/C13H11ClO3S/c1-17-11-7-8-13(18(14,15)16)12(9-11)10-5-3-2-4-6-10/h2-9H,1H3. The van der Waals surface area contributed by atoms with Gasteiger partial charge in [-0.2, -0.15) is 0 Å². The van der Waals surface area contributed by atoms with E-state index in [-0.39, 0.29) is 4.90 Å². The first-order chi connectivity index (χ1) is 8.52. The molecule has 0 saturated heterocycles. The minimum absolute atomic E-state index is 0.0798. The van der Waals surface area contributed by atoms with Gasteiger partial charge < -0.3 is 4.74 Å². The van der Waals surface area contributed by atoms with Gasteiger partial charge in [0.2, 0.25) is 0 Å². The van der Waals surface area contributed by atoms with Crippen LogP contribution in [0, 0.1) is 0 Å². The molecule has 5 heteroatoms. The summed E-state index contributed by atoms with van der Waals surface area (Å²) in [5.41, 5.74) is 1.31. The molecule has 3 nitrogen and oxygen atoms in total. The van der Waals surface area contributed by atoms with E-state index in [0.717, 1.165) is 5.56 Å². The third kappa shape index (κ3) is 2.66. The largest absolute Gasteiger partial charge is 0.497 e. The van der Waals surface area contributed by atoms with E-state index in [2.05, 4.69) is 0 Å². The summed E-state index contributed by atoms with van der Waals surface area (Å²) in [7, 11) is 3.18. The molecule has 0 unspecified atom stereocenters. The van der Waals surface area contributed by atoms with E-state index in [1.54, 1.807) is 12.1 Å². The predicted octanol–water partition coefficient (Wildman–Crippen LogP) is 3.29. The summed E-state index contributed by atoms with van der Waals surface area (Å²) >= 11 is 0. The Morgan fingerprint density at radius 2 is 1.72 bits per heavy atom. The third-order valence-corrected chi connectivity index (χ3v) is 3.91. The number of benzene rings is 2. The van der Waals surface area contributed by atoms with E-state index in [1.165, 1.54) is 13.2 Å². The maximum Gasteiger partial charge on any atom is 0.261 e. The van der Waals surface area contributed by atoms with Crippen molar-refractivity contribution in [2.75, 3.05) is 7.11 Å². The Hall–Kier alpha value is -1.52. The number of hydrogen-bond acceptors (Lipinski definition) is 3. The molecular weight excluding hydrogens is 272 g/mol. The molecule has 0 N–H and O–H groups in total. The molecule has 94 valence electrons. The van der Waals surface area contributed by atoms with Crippen molar-refractivity contribution in [1.29, 1.82) is 0 Å². The smallest absolute Gasteiger partial charge is 0.261 e. The van der Waals surface area contributed by atoms with Crippen LogP contribution in [0.5, 0.6) is 5.75 Å². The number of methoxy groups -OCH3 is 1. The van der Waals surface area contributed by atoms with E-state index in [4.69, 9.17) is 15.4 Å². The molecular formula is C13H11ClO3S. The molecule has 0 bridgehead atoms. The van der Waals surface area contributed by atoms with Crippen molar-refractivity contribution in [3.63, 3.8) is 0 Å². The van der Waals surface area contributed by atoms with Crippen LogP contribution in [0.15, 0.2) is 53.4 Å². The average molecular weight is 283 g/mol. The van der Waals surface area contributed by atoms with Crippen molar-refractivity contribution in [3.05, 3.63) is 48.5 Å². The Morgan fingerprint density at radius 3 is 2.28 bits per heavy atom. The van der Waals surface area contributed by atoms with Gasteiger partial charge in [-0.15, -0.1) is 0 Å². The fourth-order valence-corrected chi connectivity index (χ4v) is 2.77. The van der Waals surface area contributed by atoms with Crippen LogP contribution in [0.25, 0.3) is 11.1 Å². The second-order valence-electron chi connectivity index (χ2n) is 3.67. The molecule has 0 amide bonds. The normalized spacial score (nSPS) is 11.2. The quantitative estimate of drug-likeness (QED) is 0.812. The Labute approximate surface area is 110 Å². The van der Waals surface area contributed by atoms with E-state index in [0.29, 0.717) is 11.3 Å². The summed E-state index contributed by atoms with van der Waals surface area (Å²) in [6.07, 6.45) is 0. The molecule has 0 spiro atoms. The zero-order valence-corrected chi connectivity index (χ0v) is 11.2. The van der Waals surface area contributed by atoms with E-state index in [9.17, 15) is 8.42 Å². The molecule has 2 aromatic carbocycles. The first-order valence-electron chi connectivity index (χ1n) is 5.20. The van der Waals surface area contributed by atoms with Crippen molar-refractivity contribution < 1.29 is 13.2 Å². The van der Waals surface area contributed by atoms with E-state index >= 15 is 0 Å². The molecule has 18 heavy (non-hydrogen) atoms. The van der Waals surface area contributed by atoms with Crippen molar-refractivity contribution in [3.8, 4) is 16.9 Å². The van der Waals surface area contributed by atoms with Gasteiger partial charge in [0.1, 0.15) is 5.75 Å². The predicted molar refractivity (Wildman–Crippen MR) is 71.5 cm³/mol. The van der Waals surface area contributed by atoms with Gasteiger partial charge in [-0.1, -0.05) is 30.3 Å². The van der Waals surface area contributed by atoms with Crippen molar-refractivity contribution in [2.45, 2.75) is 4.90 Å². The SMILES string of the molecule is COc1ccc(S(=O)(=O)Cl)c(-c2ccccc2)c1. The van der Waals surface area contributed by atoms with Crippen molar-refractivity contribution in [2.24, 2.45) is 0 Å². The summed E-state index contributed by atoms with van der Waals surface area (Å²) in [5.74, 6) is 0.581. The van der Waals surface area contributed by atoms with Gasteiger partial charge in [-0.05, 0) is 23.8 Å². The molecule has 0 saturated carbocycles. The molecule has 2 rings (SSSR count). The lowest BCUT2D eigenvalue weighted by atomic mass is 10.1. The van der Waals surface area contributed by atoms with Gasteiger partial charge >= 0.3 is 0 Å². The van der Waals surface area contributed by atoms with Crippen LogP contribution in [0.3, 0.4) is 0 Å². The average Bonchev–Trinajstić information content (AvgIpc) is 2.38. The van der Waals surface area contributed by atoms with Crippen LogP contribution >= 0.6 is 10.7 Å². The van der Waals surface area contributed by atoms with Crippen molar-refractivity contribution in [1.82, 2.24) is 0 Å². The summed E-state index contributed by atoms with van der Waals surface area (Å²) in [6, 6.07) is 13.8. The first-order valence-corrected chi connectivity index (χ1v) is 7.51. The third-order valence-electron chi connectivity index (χ3n) is 2.53. The molecule has 0 aromatic heterocycles. The maximum absolute atomic E-state index is 11.6. The monoisotopic (exact) mass is 282 g/mol. The maximum atomic E-state index is 11.6. The zero-order chi connectivity index (χ0) is 13.2. The minimum atomic E-state index is -3.79. The lowest BCUT2D eigenvalue weighted by molar-refractivity contribution is 0.414. The van der Waals surface area contributed by atoms with Crippen LogP contribution in [0.4, 0.5) is 0 Å². The fourth-order valence-electron chi connectivity index (χ4n) is 1.69. The van der Waals surface area contributed by atoms with Gasteiger partial charge in [0.05, 0.1) is 12.0 Å². The van der Waals surface area contributed by atoms with Gasteiger partial charge in [0.15, 0.2) is 0 Å². The number of halogens is 1. The molecule has 0 aliphatic rings. The Kier molecular flexibility index (Phi) is 3.59. The molecule has 0 heterocycles. The van der Waals surface area contributed by atoms with Crippen LogP contribution in [0.2, 0.25) is 0 Å². The zero-order valence-electron chi connectivity index (χ0n) is 9.63. The number of rotatable bonds is 3. The molecule has 0 aliphatic carbocycles. The highest BCUT2D eigenvalue weighted by molar-refractivity contribution is 8.13. The van der Waals surface area contributed by atoms with Gasteiger partial charge in [-0.25, -0.2) is 8.42 Å². The second kappa shape index (κ2) is 5.00. The van der Waals surface area contributed by atoms with Crippen LogP contribution in [0.1, 0.15) is 0 Å². The summed E-state index contributed by atoms with van der Waals surface area (Å²) in [5, 5.41) is 0. The Bertz CT molecular complexity index is 651. The molecule has 0 aliphatic heterocycles. The number of ether oxygens (including phenoxy) is 1. The van der Waals surface area contributed by atoms with Gasteiger partial charge in [0.25, 0.3) is 9.05 Å². The Morgan fingerprint density at radius 1 is 1.06 bits per heavy atom. The second-order valence-corrected chi connectivity index (χ2v) is 6.20. The summed E-state index contributed by atoms with van der Waals surface area (Å²) in [6.45, 7) is 0. The minimum Gasteiger partial charge on any atom is -0.497 e. The number of hydrogen-bond donors (Lipinski definition) is 0. The summed E-state index contributed by atoms with van der Waals surface area (Å²) < 4.78 is 28.2. The highest BCUT2D eigenvalue weighted by Gasteiger charge is 2.17. The first kappa shape index (κ1) is 12.9. The van der Waals surface area contributed by atoms with Crippen LogP contribution < -0.4 is 4.74 Å². The molecule has 0 atom stereocenters. The fraction of sp³-hybridized carbons (Fsp3) is 0.0769. The van der Waals surface area contributed by atoms with Gasteiger partial charge in [0, 0.05) is 16.2 Å². The molecule has 0 fully saturated rings. The lowest BCUT2D eigenvalue weighted by Crippen LogP contribution is -1.95. The highest BCUT2D eigenvalue weighted by Crippen LogP contribution is 2.32. The molecule has 2 aromatic rings. The molecule has 0 radical (unpaired) electrons. The summed E-state index contributed by atoms with van der Waals surface area (Å²) in [4.78, 5) is 0.0798. The topological polar surface area (TPSA) is 43.4 Å². The Balaban J connectivity index is 2.70.